The minimum atomic E-state index is -0.264. The van der Waals surface area contributed by atoms with Crippen molar-refractivity contribution in [2.24, 2.45) is 0 Å². The van der Waals surface area contributed by atoms with Crippen molar-refractivity contribution in [2.75, 3.05) is 32.9 Å². The molecule has 2 unspecified atom stereocenters. The fraction of sp³-hybridized carbons (Fsp3) is 0.720. The molecule has 1 amide bonds. The van der Waals surface area contributed by atoms with Crippen molar-refractivity contribution in [3.05, 3.63) is 34.9 Å². The molecule has 2 heterocycles. The molecule has 1 aromatic rings. The van der Waals surface area contributed by atoms with E-state index in [2.05, 4.69) is 42.3 Å². The number of benzene rings is 1. The normalized spacial score (nSPS) is 21.0. The Kier molecular flexibility index (Phi) is 9.47. The summed E-state index contributed by atoms with van der Waals surface area (Å²) in [7, 11) is 0. The smallest absolute Gasteiger partial charge is 0.407 e. The summed E-state index contributed by atoms with van der Waals surface area (Å²) in [5, 5.41) is 2.88. The molecule has 2 saturated heterocycles. The van der Waals surface area contributed by atoms with E-state index in [9.17, 15) is 4.79 Å². The molecule has 0 aromatic heterocycles. The number of carbonyl (C=O) groups is 1. The maximum Gasteiger partial charge on any atom is 0.407 e. The van der Waals surface area contributed by atoms with E-state index >= 15 is 0 Å². The quantitative estimate of drug-likeness (QED) is 0.499. The summed E-state index contributed by atoms with van der Waals surface area (Å²) in [6.45, 7) is 8.34. The molecule has 1 aromatic carbocycles. The summed E-state index contributed by atoms with van der Waals surface area (Å²) < 4.78 is 11.2. The molecule has 0 saturated carbocycles. The summed E-state index contributed by atoms with van der Waals surface area (Å²) in [5.74, 6) is 0. The fourth-order valence-corrected chi connectivity index (χ4v) is 4.74. The maximum atomic E-state index is 11.9. The van der Waals surface area contributed by atoms with Crippen molar-refractivity contribution in [1.82, 2.24) is 10.2 Å². The van der Waals surface area contributed by atoms with E-state index in [4.69, 9.17) is 9.47 Å². The summed E-state index contributed by atoms with van der Waals surface area (Å²) in [6.07, 6.45) is 10.0. The Morgan fingerprint density at radius 3 is 2.80 bits per heavy atom. The van der Waals surface area contributed by atoms with Crippen molar-refractivity contribution in [3.63, 3.8) is 0 Å². The minimum absolute atomic E-state index is 0.264. The molecule has 2 aliphatic heterocycles. The lowest BCUT2D eigenvalue weighted by Gasteiger charge is -2.23. The first kappa shape index (κ1) is 23.1. The highest BCUT2D eigenvalue weighted by molar-refractivity contribution is 5.67. The number of ether oxygens (including phenoxy) is 2. The average Bonchev–Trinajstić information content (AvgIpc) is 3.34. The summed E-state index contributed by atoms with van der Waals surface area (Å²) in [5.41, 5.74) is 4.12. The lowest BCUT2D eigenvalue weighted by atomic mass is 10.0. The van der Waals surface area contributed by atoms with Crippen LogP contribution in [0, 0.1) is 13.8 Å². The number of nitrogens with one attached hydrogen (secondary N) is 1. The molecule has 1 N–H and O–H groups in total. The number of fused-ring (bicyclic) bond motifs is 1. The number of carbonyl (C=O) groups excluding carboxylic acids is 1. The number of rotatable bonds is 12. The molecule has 2 fully saturated rings. The number of hydrogen-bond acceptors (Lipinski definition) is 4. The van der Waals surface area contributed by atoms with Crippen molar-refractivity contribution in [1.29, 1.82) is 0 Å². The monoisotopic (exact) mass is 416 g/mol. The third-order valence-corrected chi connectivity index (χ3v) is 6.69. The Bertz CT molecular complexity index is 664. The van der Waals surface area contributed by atoms with Crippen molar-refractivity contribution in [2.45, 2.75) is 83.7 Å². The van der Waals surface area contributed by atoms with Gasteiger partial charge in [0.2, 0.25) is 0 Å². The first-order chi connectivity index (χ1) is 14.6. The molecule has 0 radical (unpaired) electrons. The molecule has 0 bridgehead atoms. The van der Waals surface area contributed by atoms with E-state index in [-0.39, 0.29) is 6.09 Å². The molecule has 3 rings (SSSR count). The standard InChI is InChI=1S/C25H40N2O3/c1-20-10-11-22(18-21(20)2)8-7-17-29-16-5-3-4-14-26-25(28)30-19-24-13-12-23-9-6-15-27(23)24/h10-11,18,23-24H,3-9,12-17,19H2,1-2H3,(H,26,28). The van der Waals surface area contributed by atoms with E-state index in [0.717, 1.165) is 51.4 Å². The molecule has 0 spiro atoms. The van der Waals surface area contributed by atoms with Gasteiger partial charge in [0.25, 0.3) is 0 Å². The molecular formula is C25H40N2O3. The van der Waals surface area contributed by atoms with E-state index < -0.39 is 0 Å². The predicted octanol–water partition coefficient (Wildman–Crippen LogP) is 4.78. The molecule has 5 heteroatoms. The average molecular weight is 417 g/mol. The van der Waals surface area contributed by atoms with Crippen LogP contribution >= 0.6 is 0 Å². The summed E-state index contributed by atoms with van der Waals surface area (Å²) in [4.78, 5) is 14.4. The molecule has 2 aliphatic rings. The lowest BCUT2D eigenvalue weighted by Crippen LogP contribution is -2.37. The fourth-order valence-electron chi connectivity index (χ4n) is 4.74. The topological polar surface area (TPSA) is 50.8 Å². The van der Waals surface area contributed by atoms with Gasteiger partial charge in [-0.05, 0) is 94.9 Å². The second-order valence-corrected chi connectivity index (χ2v) is 8.99. The van der Waals surface area contributed by atoms with Gasteiger partial charge in [-0.1, -0.05) is 18.2 Å². The van der Waals surface area contributed by atoms with Gasteiger partial charge in [0, 0.05) is 31.8 Å². The zero-order valence-electron chi connectivity index (χ0n) is 19.0. The number of unbranched alkanes of at least 4 members (excludes halogenated alkanes) is 2. The van der Waals surface area contributed by atoms with Gasteiger partial charge in [0.15, 0.2) is 0 Å². The van der Waals surface area contributed by atoms with Crippen LogP contribution in [0.1, 0.15) is 68.1 Å². The minimum Gasteiger partial charge on any atom is -0.448 e. The van der Waals surface area contributed by atoms with Gasteiger partial charge in [0.1, 0.15) is 6.61 Å². The highest BCUT2D eigenvalue weighted by atomic mass is 16.5. The van der Waals surface area contributed by atoms with E-state index in [1.807, 2.05) is 0 Å². The van der Waals surface area contributed by atoms with Crippen LogP contribution < -0.4 is 5.32 Å². The van der Waals surface area contributed by atoms with Gasteiger partial charge in [-0.3, -0.25) is 4.90 Å². The van der Waals surface area contributed by atoms with Gasteiger partial charge in [-0.25, -0.2) is 4.79 Å². The summed E-state index contributed by atoms with van der Waals surface area (Å²) in [6, 6.07) is 7.89. The first-order valence-electron chi connectivity index (χ1n) is 11.9. The van der Waals surface area contributed by atoms with E-state index in [1.54, 1.807) is 0 Å². The number of alkyl carbamates (subject to hydrolysis) is 1. The number of nitrogens with zero attached hydrogens (tertiary/aromatic N) is 1. The van der Waals surface area contributed by atoms with Crippen LogP contribution in [-0.4, -0.2) is 56.0 Å². The van der Waals surface area contributed by atoms with Gasteiger partial charge >= 0.3 is 6.09 Å². The maximum absolute atomic E-state index is 11.9. The molecular weight excluding hydrogens is 376 g/mol. The zero-order chi connectivity index (χ0) is 21.2. The molecule has 2 atom stereocenters. The SMILES string of the molecule is Cc1ccc(CCCOCCCCCNC(=O)OCC2CCC3CCCN32)cc1C. The number of aryl methyl sites for hydroxylation is 3. The van der Waals surface area contributed by atoms with Gasteiger partial charge in [-0.15, -0.1) is 0 Å². The van der Waals surface area contributed by atoms with Crippen molar-refractivity contribution < 1.29 is 14.3 Å². The molecule has 168 valence electrons. The van der Waals surface area contributed by atoms with Crippen LogP contribution in [-0.2, 0) is 15.9 Å². The first-order valence-corrected chi connectivity index (χ1v) is 11.9. The Morgan fingerprint density at radius 2 is 1.93 bits per heavy atom. The second kappa shape index (κ2) is 12.3. The van der Waals surface area contributed by atoms with Crippen molar-refractivity contribution in [3.8, 4) is 0 Å². The Labute approximate surface area is 182 Å². The largest absolute Gasteiger partial charge is 0.448 e. The van der Waals surface area contributed by atoms with Crippen LogP contribution in [0.3, 0.4) is 0 Å². The van der Waals surface area contributed by atoms with Crippen LogP contribution in [0.4, 0.5) is 4.79 Å². The molecule has 30 heavy (non-hydrogen) atoms. The predicted molar refractivity (Wildman–Crippen MR) is 121 cm³/mol. The van der Waals surface area contributed by atoms with E-state index in [1.165, 1.54) is 48.9 Å². The van der Waals surface area contributed by atoms with Gasteiger partial charge < -0.3 is 14.8 Å². The third-order valence-electron chi connectivity index (χ3n) is 6.69. The van der Waals surface area contributed by atoms with Crippen LogP contribution in [0.25, 0.3) is 0 Å². The Balaban J connectivity index is 1.11. The zero-order valence-corrected chi connectivity index (χ0v) is 19.0. The Morgan fingerprint density at radius 1 is 1.07 bits per heavy atom. The number of amides is 1. The molecule has 0 aliphatic carbocycles. The van der Waals surface area contributed by atoms with E-state index in [0.29, 0.717) is 19.2 Å². The third kappa shape index (κ3) is 7.28. The van der Waals surface area contributed by atoms with Gasteiger partial charge in [0.05, 0.1) is 0 Å². The molecule has 5 nitrogen and oxygen atoms in total. The highest BCUT2D eigenvalue weighted by Crippen LogP contribution is 2.32. The summed E-state index contributed by atoms with van der Waals surface area (Å²) >= 11 is 0. The van der Waals surface area contributed by atoms with Crippen molar-refractivity contribution >= 4 is 6.09 Å². The second-order valence-electron chi connectivity index (χ2n) is 8.99. The van der Waals surface area contributed by atoms with Crippen LogP contribution in [0.15, 0.2) is 18.2 Å². The van der Waals surface area contributed by atoms with Crippen LogP contribution in [0.5, 0.6) is 0 Å². The Hall–Kier alpha value is -1.59. The van der Waals surface area contributed by atoms with Crippen LogP contribution in [0.2, 0.25) is 0 Å². The lowest BCUT2D eigenvalue weighted by molar-refractivity contribution is 0.105. The number of hydrogen-bond donors (Lipinski definition) is 1. The van der Waals surface area contributed by atoms with Gasteiger partial charge in [-0.2, -0.15) is 0 Å². The highest BCUT2D eigenvalue weighted by Gasteiger charge is 2.36.